The van der Waals surface area contributed by atoms with Gasteiger partial charge in [-0.25, -0.2) is 4.79 Å². The Morgan fingerprint density at radius 1 is 0.927 bits per heavy atom. The molecule has 0 saturated heterocycles. The summed E-state index contributed by atoms with van der Waals surface area (Å²) in [5, 5.41) is 15.3. The smallest absolute Gasteiger partial charge is 0.434 e. The number of oxime groups is 1. The van der Waals surface area contributed by atoms with Gasteiger partial charge in [0.15, 0.2) is 17.3 Å². The van der Waals surface area contributed by atoms with E-state index in [4.69, 9.17) is 20.0 Å². The van der Waals surface area contributed by atoms with Crippen LogP contribution >= 0.6 is 0 Å². The second-order valence-corrected chi connectivity index (χ2v) is 8.38. The predicted molar refractivity (Wildman–Crippen MR) is 140 cm³/mol. The summed E-state index contributed by atoms with van der Waals surface area (Å²) in [4.78, 5) is 32.0. The van der Waals surface area contributed by atoms with Crippen molar-refractivity contribution < 1.29 is 37.2 Å². The van der Waals surface area contributed by atoms with Crippen LogP contribution in [0.1, 0.15) is 32.7 Å². The van der Waals surface area contributed by atoms with Crippen LogP contribution in [0.2, 0.25) is 0 Å². The fraction of sp³-hybridized carbons (Fsp3) is 0.107. The van der Waals surface area contributed by atoms with E-state index in [0.717, 1.165) is 35.5 Å². The monoisotopic (exact) mass is 566 g/mol. The lowest BCUT2D eigenvalue weighted by molar-refractivity contribution is -0.386. The van der Waals surface area contributed by atoms with Gasteiger partial charge in [-0.2, -0.15) is 13.2 Å². The molecule has 210 valence electrons. The fourth-order valence-corrected chi connectivity index (χ4v) is 3.59. The molecule has 3 aromatic carbocycles. The molecule has 0 spiro atoms. The van der Waals surface area contributed by atoms with Crippen molar-refractivity contribution in [2.45, 2.75) is 19.4 Å². The van der Waals surface area contributed by atoms with Gasteiger partial charge in [0.05, 0.1) is 16.1 Å². The van der Waals surface area contributed by atoms with E-state index in [1.807, 2.05) is 0 Å². The van der Waals surface area contributed by atoms with E-state index in [-0.39, 0.29) is 30.3 Å². The van der Waals surface area contributed by atoms with Crippen molar-refractivity contribution in [2.24, 2.45) is 10.9 Å². The maximum absolute atomic E-state index is 13.3. The Bertz CT molecular complexity index is 1560. The molecular formula is C28H21F3N4O6. The van der Waals surface area contributed by atoms with Gasteiger partial charge >= 0.3 is 17.8 Å². The summed E-state index contributed by atoms with van der Waals surface area (Å²) >= 11 is 0. The summed E-state index contributed by atoms with van der Waals surface area (Å²) in [5.41, 5.74) is 4.15. The molecule has 0 saturated carbocycles. The van der Waals surface area contributed by atoms with Crippen LogP contribution in [0.4, 0.5) is 18.9 Å². The number of alkyl halides is 3. The standard InChI is InChI=1S/C28H21F3N4O6/c29-28(30,31)25-21(12-7-13-33-25)26(32)34-41-27(36)20-14-22(35(37)38)24(40-17-19-10-5-2-6-11-19)23(15-20)39-16-18-8-3-1-4-9-18/h1-15H,16-17H2,(H2,32,34). The van der Waals surface area contributed by atoms with Gasteiger partial charge in [-0.3, -0.25) is 15.1 Å². The first-order chi connectivity index (χ1) is 19.6. The van der Waals surface area contributed by atoms with E-state index in [9.17, 15) is 28.1 Å². The Morgan fingerprint density at radius 2 is 1.54 bits per heavy atom. The van der Waals surface area contributed by atoms with Crippen LogP contribution in [0.3, 0.4) is 0 Å². The number of benzene rings is 3. The van der Waals surface area contributed by atoms with Gasteiger partial charge in [-0.15, -0.1) is 0 Å². The molecule has 0 atom stereocenters. The highest BCUT2D eigenvalue weighted by Crippen LogP contribution is 2.40. The highest BCUT2D eigenvalue weighted by molar-refractivity contribution is 5.99. The average molecular weight is 566 g/mol. The SMILES string of the molecule is N/C(=N\OC(=O)c1cc(OCc2ccccc2)c(OCc2ccccc2)c([N+](=O)[O-])c1)c1cccnc1C(F)(F)F. The van der Waals surface area contributed by atoms with Gasteiger partial charge in [0.2, 0.25) is 5.75 Å². The first-order valence-corrected chi connectivity index (χ1v) is 11.9. The summed E-state index contributed by atoms with van der Waals surface area (Å²) in [7, 11) is 0. The fourth-order valence-electron chi connectivity index (χ4n) is 3.59. The van der Waals surface area contributed by atoms with Crippen LogP contribution in [0.15, 0.2) is 96.3 Å². The highest BCUT2D eigenvalue weighted by Gasteiger charge is 2.36. The third-order valence-corrected chi connectivity index (χ3v) is 5.51. The largest absolute Gasteiger partial charge is 0.485 e. The maximum atomic E-state index is 13.3. The summed E-state index contributed by atoms with van der Waals surface area (Å²) in [6, 6.07) is 22.0. The Balaban J connectivity index is 1.66. The maximum Gasteiger partial charge on any atom is 0.434 e. The summed E-state index contributed by atoms with van der Waals surface area (Å²) in [5.74, 6) is -2.40. The molecule has 0 unspecified atom stereocenters. The number of ether oxygens (including phenoxy) is 2. The summed E-state index contributed by atoms with van der Waals surface area (Å²) < 4.78 is 51.4. The Kier molecular flexibility index (Phi) is 8.77. The molecule has 4 rings (SSSR count). The molecule has 0 aliphatic rings. The minimum absolute atomic E-state index is 0.0233. The van der Waals surface area contributed by atoms with Crippen LogP contribution in [0, 0.1) is 10.1 Å². The van der Waals surface area contributed by atoms with E-state index in [0.29, 0.717) is 0 Å². The molecular weight excluding hydrogens is 545 g/mol. The van der Waals surface area contributed by atoms with Gasteiger partial charge in [0, 0.05) is 12.3 Å². The topological polar surface area (TPSA) is 139 Å². The number of rotatable bonds is 10. The number of nitrogens with zero attached hydrogens (tertiary/aromatic N) is 3. The zero-order valence-corrected chi connectivity index (χ0v) is 21.1. The molecule has 0 amide bonds. The normalized spacial score (nSPS) is 11.5. The second-order valence-electron chi connectivity index (χ2n) is 8.38. The van der Waals surface area contributed by atoms with Gasteiger partial charge < -0.3 is 20.0 Å². The minimum atomic E-state index is -4.85. The molecule has 0 bridgehead atoms. The Hall–Kier alpha value is -5.46. The van der Waals surface area contributed by atoms with Crippen molar-refractivity contribution in [1.29, 1.82) is 0 Å². The molecule has 0 aliphatic heterocycles. The quantitative estimate of drug-likeness (QED) is 0.0855. The number of carbonyl (C=O) groups excluding carboxylic acids is 1. The lowest BCUT2D eigenvalue weighted by Gasteiger charge is -2.14. The van der Waals surface area contributed by atoms with Crippen molar-refractivity contribution in [3.63, 3.8) is 0 Å². The number of pyridine rings is 1. The van der Waals surface area contributed by atoms with E-state index in [1.165, 1.54) is 6.07 Å². The van der Waals surface area contributed by atoms with Gasteiger partial charge in [0.1, 0.15) is 13.2 Å². The number of nitro groups is 1. The number of nitro benzene ring substituents is 1. The van der Waals surface area contributed by atoms with Crippen molar-refractivity contribution in [3.8, 4) is 11.5 Å². The number of hydrogen-bond acceptors (Lipinski definition) is 8. The van der Waals surface area contributed by atoms with Crippen molar-refractivity contribution in [3.05, 3.63) is 129 Å². The Morgan fingerprint density at radius 3 is 2.12 bits per heavy atom. The van der Waals surface area contributed by atoms with Crippen molar-refractivity contribution in [2.75, 3.05) is 0 Å². The lowest BCUT2D eigenvalue weighted by atomic mass is 10.1. The molecule has 4 aromatic rings. The molecule has 0 fully saturated rings. The molecule has 1 heterocycles. The minimum Gasteiger partial charge on any atom is -0.485 e. The van der Waals surface area contributed by atoms with Gasteiger partial charge in [-0.05, 0) is 29.3 Å². The van der Waals surface area contributed by atoms with Gasteiger partial charge in [-0.1, -0.05) is 65.8 Å². The van der Waals surface area contributed by atoms with Crippen LogP contribution in [0.25, 0.3) is 0 Å². The van der Waals surface area contributed by atoms with Crippen LogP contribution < -0.4 is 15.2 Å². The first kappa shape index (κ1) is 28.5. The van der Waals surface area contributed by atoms with Crippen molar-refractivity contribution >= 4 is 17.5 Å². The lowest BCUT2D eigenvalue weighted by Crippen LogP contribution is -2.22. The van der Waals surface area contributed by atoms with E-state index in [2.05, 4.69) is 10.1 Å². The van der Waals surface area contributed by atoms with Crippen molar-refractivity contribution in [1.82, 2.24) is 4.98 Å². The highest BCUT2D eigenvalue weighted by atomic mass is 19.4. The zero-order valence-electron chi connectivity index (χ0n) is 21.1. The van der Waals surface area contributed by atoms with Crippen LogP contribution in [0.5, 0.6) is 11.5 Å². The number of hydrogen-bond donors (Lipinski definition) is 1. The second kappa shape index (κ2) is 12.6. The Labute approximate surface area is 230 Å². The van der Waals surface area contributed by atoms with E-state index >= 15 is 0 Å². The summed E-state index contributed by atoms with van der Waals surface area (Å²) in [6.45, 7) is -0.0643. The third kappa shape index (κ3) is 7.35. The molecule has 2 N–H and O–H groups in total. The number of carbonyl (C=O) groups is 1. The van der Waals surface area contributed by atoms with E-state index < -0.39 is 39.8 Å². The molecule has 10 nitrogen and oxygen atoms in total. The summed E-state index contributed by atoms with van der Waals surface area (Å²) in [6.07, 6.45) is -3.93. The number of halogens is 3. The van der Waals surface area contributed by atoms with Crippen LogP contribution in [-0.2, 0) is 24.2 Å². The molecule has 0 aliphatic carbocycles. The molecule has 0 radical (unpaired) electrons. The average Bonchev–Trinajstić information content (AvgIpc) is 2.98. The number of nitrogens with two attached hydrogens (primary N) is 1. The number of amidine groups is 1. The first-order valence-electron chi connectivity index (χ1n) is 11.9. The van der Waals surface area contributed by atoms with Gasteiger partial charge in [0.25, 0.3) is 0 Å². The van der Waals surface area contributed by atoms with E-state index in [1.54, 1.807) is 60.7 Å². The zero-order chi connectivity index (χ0) is 29.4. The van der Waals surface area contributed by atoms with Crippen LogP contribution in [-0.4, -0.2) is 21.7 Å². The molecule has 13 heteroatoms. The molecule has 41 heavy (non-hydrogen) atoms. The predicted octanol–water partition coefficient (Wildman–Crippen LogP) is 5.64. The number of aromatic nitrogens is 1. The molecule has 1 aromatic heterocycles. The third-order valence-electron chi connectivity index (χ3n) is 5.51.